The Kier molecular flexibility index (Phi) is 4.19. The van der Waals surface area contributed by atoms with E-state index in [0.717, 1.165) is 4.90 Å². The molecule has 2 rings (SSSR count). The first-order valence-corrected chi connectivity index (χ1v) is 6.73. The van der Waals surface area contributed by atoms with Crippen molar-refractivity contribution >= 4 is 46.6 Å². The van der Waals surface area contributed by atoms with E-state index in [1.54, 1.807) is 24.3 Å². The zero-order valence-corrected chi connectivity index (χ0v) is 11.9. The van der Waals surface area contributed by atoms with Crippen molar-refractivity contribution in [2.75, 3.05) is 5.73 Å². The minimum absolute atomic E-state index is 0.248. The number of nitrogen functional groups attached to an aromatic ring is 1. The summed E-state index contributed by atoms with van der Waals surface area (Å²) in [5.41, 5.74) is 11.3. The summed E-state index contributed by atoms with van der Waals surface area (Å²) < 4.78 is 0. The molecule has 0 fully saturated rings. The number of hydrogen-bond donors (Lipinski definition) is 2. The molecule has 0 saturated carbocycles. The van der Waals surface area contributed by atoms with Gasteiger partial charge in [0.1, 0.15) is 5.03 Å². The number of anilines is 1. The molecule has 0 atom stereocenters. The van der Waals surface area contributed by atoms with Crippen LogP contribution in [0, 0.1) is 0 Å². The maximum atomic E-state index is 11.2. The van der Waals surface area contributed by atoms with Gasteiger partial charge in [0.25, 0.3) is 5.91 Å². The number of carbonyl (C=O) groups is 1. The van der Waals surface area contributed by atoms with E-state index in [0.29, 0.717) is 15.1 Å². The summed E-state index contributed by atoms with van der Waals surface area (Å²) in [6.45, 7) is 0. The molecule has 1 amide bonds. The maximum Gasteiger partial charge on any atom is 0.250 e. The van der Waals surface area contributed by atoms with Gasteiger partial charge in [-0.3, -0.25) is 4.79 Å². The molecule has 0 aliphatic rings. The molecule has 0 spiro atoms. The average Bonchev–Trinajstić information content (AvgIpc) is 2.36. The van der Waals surface area contributed by atoms with Gasteiger partial charge in [-0.2, -0.15) is 0 Å². The van der Waals surface area contributed by atoms with Gasteiger partial charge in [0.2, 0.25) is 0 Å². The number of nitrogens with two attached hydrogens (primary N) is 2. The van der Waals surface area contributed by atoms with Crippen LogP contribution in [0.4, 0.5) is 5.69 Å². The van der Waals surface area contributed by atoms with E-state index >= 15 is 0 Å². The van der Waals surface area contributed by atoms with Crippen LogP contribution in [-0.2, 0) is 0 Å². The maximum absolute atomic E-state index is 11.2. The van der Waals surface area contributed by atoms with Gasteiger partial charge < -0.3 is 11.5 Å². The quantitative estimate of drug-likeness (QED) is 0.911. The molecule has 4 N–H and O–H groups in total. The molecule has 7 heteroatoms. The van der Waals surface area contributed by atoms with Gasteiger partial charge in [-0.05, 0) is 24.3 Å². The van der Waals surface area contributed by atoms with E-state index in [4.69, 9.17) is 34.7 Å². The van der Waals surface area contributed by atoms with Crippen LogP contribution in [0.1, 0.15) is 10.4 Å². The summed E-state index contributed by atoms with van der Waals surface area (Å²) in [5, 5.41) is 1.53. The Morgan fingerprint density at radius 2 is 1.95 bits per heavy atom. The largest absolute Gasteiger partial charge is 0.397 e. The lowest BCUT2D eigenvalue weighted by molar-refractivity contribution is 0.100. The van der Waals surface area contributed by atoms with Crippen LogP contribution in [0.15, 0.2) is 40.4 Å². The summed E-state index contributed by atoms with van der Waals surface area (Å²) in [6, 6.07) is 6.76. The van der Waals surface area contributed by atoms with E-state index in [1.807, 2.05) is 0 Å². The van der Waals surface area contributed by atoms with Gasteiger partial charge in [-0.25, -0.2) is 4.98 Å². The molecule has 1 aromatic heterocycles. The van der Waals surface area contributed by atoms with Crippen LogP contribution >= 0.6 is 35.0 Å². The lowest BCUT2D eigenvalue weighted by Crippen LogP contribution is -2.13. The molecule has 0 saturated heterocycles. The first-order chi connectivity index (χ1) is 8.97. The standard InChI is InChI=1S/C12H9Cl2N3OS/c13-8-2-1-6(3-9(8)14)19-11-4-7(12(16)18)10(15)5-17-11/h1-5H,15H2,(H2,16,18). The molecule has 0 aliphatic carbocycles. The molecule has 0 bridgehead atoms. The number of primary amides is 1. The molecule has 98 valence electrons. The van der Waals surface area contributed by atoms with Crippen LogP contribution in [0.2, 0.25) is 10.0 Å². The van der Waals surface area contributed by atoms with Crippen molar-refractivity contribution in [2.45, 2.75) is 9.92 Å². The van der Waals surface area contributed by atoms with Crippen LogP contribution < -0.4 is 11.5 Å². The molecule has 19 heavy (non-hydrogen) atoms. The first kappa shape index (κ1) is 14.0. The number of nitrogens with zero attached hydrogens (tertiary/aromatic N) is 1. The molecular formula is C12H9Cl2N3OS. The van der Waals surface area contributed by atoms with Crippen molar-refractivity contribution < 1.29 is 4.79 Å². The van der Waals surface area contributed by atoms with Crippen molar-refractivity contribution in [3.63, 3.8) is 0 Å². The predicted molar refractivity (Wildman–Crippen MR) is 77.8 cm³/mol. The number of benzene rings is 1. The second kappa shape index (κ2) is 5.69. The second-order valence-electron chi connectivity index (χ2n) is 3.65. The number of halogens is 2. The molecule has 0 aliphatic heterocycles. The van der Waals surface area contributed by atoms with E-state index in [1.165, 1.54) is 18.0 Å². The molecule has 4 nitrogen and oxygen atoms in total. The number of carbonyl (C=O) groups excluding carboxylic acids is 1. The Morgan fingerprint density at radius 1 is 1.21 bits per heavy atom. The second-order valence-corrected chi connectivity index (χ2v) is 5.56. The highest BCUT2D eigenvalue weighted by Crippen LogP contribution is 2.32. The average molecular weight is 314 g/mol. The van der Waals surface area contributed by atoms with Gasteiger partial charge in [-0.15, -0.1) is 0 Å². The monoisotopic (exact) mass is 313 g/mol. The highest BCUT2D eigenvalue weighted by Gasteiger charge is 2.09. The Morgan fingerprint density at radius 3 is 2.58 bits per heavy atom. The number of hydrogen-bond acceptors (Lipinski definition) is 4. The lowest BCUT2D eigenvalue weighted by atomic mass is 10.2. The fourth-order valence-electron chi connectivity index (χ4n) is 1.38. The third kappa shape index (κ3) is 3.32. The summed E-state index contributed by atoms with van der Waals surface area (Å²) >= 11 is 13.1. The Labute approximate surface area is 124 Å². The Balaban J connectivity index is 2.30. The third-order valence-corrected chi connectivity index (χ3v) is 3.95. The predicted octanol–water partition coefficient (Wildman–Crippen LogP) is 3.22. The Bertz CT molecular complexity index is 649. The number of amides is 1. The molecule has 0 unspecified atom stereocenters. The minimum Gasteiger partial charge on any atom is -0.397 e. The van der Waals surface area contributed by atoms with Crippen LogP contribution in [-0.4, -0.2) is 10.9 Å². The number of rotatable bonds is 3. The van der Waals surface area contributed by atoms with Crippen molar-refractivity contribution in [1.29, 1.82) is 0 Å². The van der Waals surface area contributed by atoms with E-state index < -0.39 is 5.91 Å². The van der Waals surface area contributed by atoms with Crippen LogP contribution in [0.25, 0.3) is 0 Å². The zero-order valence-electron chi connectivity index (χ0n) is 9.56. The molecule has 2 aromatic rings. The molecule has 1 heterocycles. The molecule has 0 radical (unpaired) electrons. The summed E-state index contributed by atoms with van der Waals surface area (Å²) in [6.07, 6.45) is 1.40. The van der Waals surface area contributed by atoms with E-state index in [2.05, 4.69) is 4.98 Å². The molecular weight excluding hydrogens is 305 g/mol. The summed E-state index contributed by atoms with van der Waals surface area (Å²) in [5.74, 6) is -0.587. The SMILES string of the molecule is NC(=O)c1cc(Sc2ccc(Cl)c(Cl)c2)ncc1N. The fourth-order valence-corrected chi connectivity index (χ4v) is 2.58. The first-order valence-electron chi connectivity index (χ1n) is 5.15. The third-order valence-electron chi connectivity index (χ3n) is 2.29. The van der Waals surface area contributed by atoms with Gasteiger partial charge in [0.05, 0.1) is 27.5 Å². The summed E-state index contributed by atoms with van der Waals surface area (Å²) in [4.78, 5) is 16.2. The highest BCUT2D eigenvalue weighted by molar-refractivity contribution is 7.99. The fraction of sp³-hybridized carbons (Fsp3) is 0. The normalized spacial score (nSPS) is 10.4. The number of pyridine rings is 1. The minimum atomic E-state index is -0.587. The van der Waals surface area contributed by atoms with E-state index in [-0.39, 0.29) is 11.3 Å². The highest BCUT2D eigenvalue weighted by atomic mass is 35.5. The van der Waals surface area contributed by atoms with Crippen molar-refractivity contribution in [3.05, 3.63) is 46.1 Å². The van der Waals surface area contributed by atoms with Crippen LogP contribution in [0.3, 0.4) is 0 Å². The Hall–Kier alpha value is -1.43. The van der Waals surface area contributed by atoms with Crippen molar-refractivity contribution in [3.8, 4) is 0 Å². The van der Waals surface area contributed by atoms with Gasteiger partial charge >= 0.3 is 0 Å². The van der Waals surface area contributed by atoms with Crippen LogP contribution in [0.5, 0.6) is 0 Å². The topological polar surface area (TPSA) is 82.0 Å². The summed E-state index contributed by atoms with van der Waals surface area (Å²) in [7, 11) is 0. The van der Waals surface area contributed by atoms with E-state index in [9.17, 15) is 4.79 Å². The molecule has 1 aromatic carbocycles. The van der Waals surface area contributed by atoms with Gasteiger partial charge in [-0.1, -0.05) is 35.0 Å². The number of aromatic nitrogens is 1. The van der Waals surface area contributed by atoms with Crippen molar-refractivity contribution in [1.82, 2.24) is 4.98 Å². The lowest BCUT2D eigenvalue weighted by Gasteiger charge is -2.05. The zero-order chi connectivity index (χ0) is 14.0. The van der Waals surface area contributed by atoms with Crippen molar-refractivity contribution in [2.24, 2.45) is 5.73 Å². The van der Waals surface area contributed by atoms with Gasteiger partial charge in [0.15, 0.2) is 0 Å². The van der Waals surface area contributed by atoms with Gasteiger partial charge in [0, 0.05) is 4.90 Å². The smallest absolute Gasteiger partial charge is 0.250 e.